The Morgan fingerprint density at radius 2 is 2.18 bits per heavy atom. The maximum Gasteiger partial charge on any atom is 0.185 e. The van der Waals surface area contributed by atoms with Gasteiger partial charge in [0.2, 0.25) is 0 Å². The van der Waals surface area contributed by atoms with Crippen molar-refractivity contribution in [3.8, 4) is 5.75 Å². The van der Waals surface area contributed by atoms with E-state index in [9.17, 15) is 4.79 Å². The summed E-state index contributed by atoms with van der Waals surface area (Å²) in [6, 6.07) is 3.76. The molecular formula is C13H11IO3. The third-order valence-corrected chi connectivity index (χ3v) is 3.68. The number of carbonyl (C=O) groups is 1. The molecule has 0 aliphatic carbocycles. The summed E-state index contributed by atoms with van der Waals surface area (Å²) in [6.07, 6.45) is 0. The summed E-state index contributed by atoms with van der Waals surface area (Å²) < 4.78 is 11.9. The van der Waals surface area contributed by atoms with Gasteiger partial charge in [-0.15, -0.1) is 0 Å². The van der Waals surface area contributed by atoms with E-state index in [0.717, 1.165) is 32.0 Å². The van der Waals surface area contributed by atoms with Gasteiger partial charge >= 0.3 is 0 Å². The predicted molar refractivity (Wildman–Crippen MR) is 71.8 cm³/mol. The number of hydrogen-bond donors (Lipinski definition) is 0. The number of ketones is 1. The van der Waals surface area contributed by atoms with Gasteiger partial charge in [0.25, 0.3) is 0 Å². The van der Waals surface area contributed by atoms with Gasteiger partial charge in [0, 0.05) is 11.5 Å². The Labute approximate surface area is 113 Å². The van der Waals surface area contributed by atoms with Gasteiger partial charge in [-0.3, -0.25) is 4.79 Å². The molecule has 0 N–H and O–H groups in total. The van der Waals surface area contributed by atoms with Crippen LogP contribution in [0.4, 0.5) is 0 Å². The maximum atomic E-state index is 12.0. The monoisotopic (exact) mass is 342 g/mol. The maximum absolute atomic E-state index is 12.0. The predicted octanol–water partition coefficient (Wildman–Crippen LogP) is 3.22. The number of fused-ring (bicyclic) bond motifs is 2. The van der Waals surface area contributed by atoms with Crippen molar-refractivity contribution in [1.82, 2.24) is 0 Å². The van der Waals surface area contributed by atoms with Crippen LogP contribution >= 0.6 is 22.6 Å². The second-order valence-electron chi connectivity index (χ2n) is 4.50. The summed E-state index contributed by atoms with van der Waals surface area (Å²) in [6.45, 7) is 4.32. The average molecular weight is 342 g/mol. The molecule has 0 saturated carbocycles. The van der Waals surface area contributed by atoms with Crippen molar-refractivity contribution in [2.24, 2.45) is 5.92 Å². The van der Waals surface area contributed by atoms with Gasteiger partial charge in [-0.05, 0) is 34.7 Å². The van der Waals surface area contributed by atoms with Crippen molar-refractivity contribution < 1.29 is 14.3 Å². The summed E-state index contributed by atoms with van der Waals surface area (Å²) in [5, 5.41) is 0. The van der Waals surface area contributed by atoms with Crippen LogP contribution < -0.4 is 4.74 Å². The smallest absolute Gasteiger partial charge is 0.185 e. The van der Waals surface area contributed by atoms with Crippen LogP contribution in [0.15, 0.2) is 17.9 Å². The Bertz CT molecular complexity index is 558. The summed E-state index contributed by atoms with van der Waals surface area (Å²) in [5.74, 6) is 2.77. The molecule has 0 spiro atoms. The van der Waals surface area contributed by atoms with Gasteiger partial charge in [-0.1, -0.05) is 13.8 Å². The van der Waals surface area contributed by atoms with Crippen LogP contribution in [-0.4, -0.2) is 12.4 Å². The minimum atomic E-state index is 0.00179. The zero-order valence-corrected chi connectivity index (χ0v) is 11.7. The number of halogens is 1. The summed E-state index contributed by atoms with van der Waals surface area (Å²) in [4.78, 5) is 12.0. The molecule has 0 aromatic heterocycles. The first-order chi connectivity index (χ1) is 8.08. The molecule has 0 saturated heterocycles. The highest BCUT2D eigenvalue weighted by Gasteiger charge is 2.36. The molecule has 0 amide bonds. The number of carbonyl (C=O) groups excluding carboxylic acids is 1. The number of benzene rings is 1. The van der Waals surface area contributed by atoms with Crippen molar-refractivity contribution in [2.75, 3.05) is 6.61 Å². The lowest BCUT2D eigenvalue weighted by Gasteiger charge is -2.13. The van der Waals surface area contributed by atoms with Crippen molar-refractivity contribution in [3.05, 3.63) is 32.6 Å². The molecule has 2 heterocycles. The van der Waals surface area contributed by atoms with Gasteiger partial charge in [0.15, 0.2) is 17.3 Å². The topological polar surface area (TPSA) is 38.8 Å². The first-order valence-electron chi connectivity index (χ1n) is 5.50. The molecule has 2 aliphatic rings. The second-order valence-corrected chi connectivity index (χ2v) is 5.66. The molecule has 3 nitrogen and oxygen atoms in total. The van der Waals surface area contributed by atoms with E-state index in [2.05, 4.69) is 22.6 Å². The zero-order chi connectivity index (χ0) is 12.2. The lowest BCUT2D eigenvalue weighted by Crippen LogP contribution is -2.10. The van der Waals surface area contributed by atoms with Gasteiger partial charge in [0.1, 0.15) is 12.4 Å². The minimum Gasteiger partial charge on any atom is -0.484 e. The highest BCUT2D eigenvalue weighted by Crippen LogP contribution is 2.46. The van der Waals surface area contributed by atoms with Crippen LogP contribution in [-0.2, 0) is 4.74 Å². The molecule has 1 aromatic carbocycles. The molecular weight excluding hydrogens is 331 g/mol. The third kappa shape index (κ3) is 1.74. The molecule has 0 bridgehead atoms. The molecule has 0 radical (unpaired) electrons. The second kappa shape index (κ2) is 3.73. The summed E-state index contributed by atoms with van der Waals surface area (Å²) in [7, 11) is 0. The fraction of sp³-hybridized carbons (Fsp3) is 0.308. The minimum absolute atomic E-state index is 0.00179. The van der Waals surface area contributed by atoms with E-state index in [1.165, 1.54) is 0 Å². The zero-order valence-electron chi connectivity index (χ0n) is 9.54. The van der Waals surface area contributed by atoms with E-state index in [-0.39, 0.29) is 11.7 Å². The molecule has 17 heavy (non-hydrogen) atoms. The Hall–Kier alpha value is -1.04. The quantitative estimate of drug-likeness (QED) is 0.612. The first kappa shape index (κ1) is 11.1. The van der Waals surface area contributed by atoms with E-state index in [1.807, 2.05) is 26.0 Å². The summed E-state index contributed by atoms with van der Waals surface area (Å²) >= 11 is 2.20. The first-order valence-corrected chi connectivity index (χ1v) is 6.57. The van der Waals surface area contributed by atoms with Crippen LogP contribution in [0.1, 0.15) is 29.8 Å². The molecule has 3 rings (SSSR count). The van der Waals surface area contributed by atoms with E-state index < -0.39 is 0 Å². The van der Waals surface area contributed by atoms with E-state index in [4.69, 9.17) is 9.47 Å². The van der Waals surface area contributed by atoms with Crippen LogP contribution in [0.25, 0.3) is 5.76 Å². The Balaban J connectivity index is 2.11. The number of Topliss-reactive ketones (excluding diaryl/α,β-unsaturated/α-hetero) is 1. The van der Waals surface area contributed by atoms with Gasteiger partial charge in [0.05, 0.1) is 9.13 Å². The lowest BCUT2D eigenvalue weighted by atomic mass is 9.98. The SMILES string of the molecule is CC(C)C(=O)c1cc(I)c2c(c1)C1=C(CO2)O1. The molecule has 4 heteroatoms. The Kier molecular flexibility index (Phi) is 2.43. The van der Waals surface area contributed by atoms with Crippen LogP contribution in [0.3, 0.4) is 0 Å². The van der Waals surface area contributed by atoms with Gasteiger partial charge in [-0.25, -0.2) is 0 Å². The molecule has 88 valence electrons. The Morgan fingerprint density at radius 1 is 1.41 bits per heavy atom. The number of rotatable bonds is 2. The third-order valence-electron chi connectivity index (χ3n) is 2.88. The van der Waals surface area contributed by atoms with Crippen LogP contribution in [0.5, 0.6) is 5.75 Å². The Morgan fingerprint density at radius 3 is 2.88 bits per heavy atom. The molecule has 0 fully saturated rings. The molecule has 1 aromatic rings. The van der Waals surface area contributed by atoms with E-state index in [0.29, 0.717) is 6.61 Å². The summed E-state index contributed by atoms with van der Waals surface area (Å²) in [5.41, 5.74) is 1.65. The fourth-order valence-electron chi connectivity index (χ4n) is 1.92. The van der Waals surface area contributed by atoms with E-state index in [1.54, 1.807) is 0 Å². The molecule has 2 aliphatic heterocycles. The highest BCUT2D eigenvalue weighted by atomic mass is 127. The lowest BCUT2D eigenvalue weighted by molar-refractivity contribution is 0.0939. The van der Waals surface area contributed by atoms with Gasteiger partial charge < -0.3 is 9.47 Å². The van der Waals surface area contributed by atoms with Crippen LogP contribution in [0, 0.1) is 9.49 Å². The number of hydrogen-bond acceptors (Lipinski definition) is 3. The van der Waals surface area contributed by atoms with Crippen molar-refractivity contribution >= 4 is 34.1 Å². The average Bonchev–Trinajstić information content (AvgIpc) is 3.06. The molecule has 0 unspecified atom stereocenters. The molecule has 0 atom stereocenters. The van der Waals surface area contributed by atoms with Crippen molar-refractivity contribution in [3.63, 3.8) is 0 Å². The fourth-order valence-corrected chi connectivity index (χ4v) is 2.70. The largest absolute Gasteiger partial charge is 0.484 e. The van der Waals surface area contributed by atoms with E-state index >= 15 is 0 Å². The number of ether oxygens (including phenoxy) is 2. The van der Waals surface area contributed by atoms with Crippen LogP contribution in [0.2, 0.25) is 0 Å². The normalized spacial score (nSPS) is 16.0. The van der Waals surface area contributed by atoms with Crippen molar-refractivity contribution in [1.29, 1.82) is 0 Å². The highest BCUT2D eigenvalue weighted by molar-refractivity contribution is 14.1. The standard InChI is InChI=1S/C13H11IO3/c1-6(2)11(15)7-3-8-12(9(14)4-7)16-5-10-13(8)17-10/h3-4,6H,5H2,1-2H3. The van der Waals surface area contributed by atoms with Crippen molar-refractivity contribution in [2.45, 2.75) is 13.8 Å². The van der Waals surface area contributed by atoms with Gasteiger partial charge in [-0.2, -0.15) is 0 Å².